The smallest absolute Gasteiger partial charge is 0.356 e. The summed E-state index contributed by atoms with van der Waals surface area (Å²) in [6.45, 7) is 1.92. The molecule has 2 rings (SSSR count). The largest absolute Gasteiger partial charge is 0.496 e. The lowest BCUT2D eigenvalue weighted by Gasteiger charge is -2.13. The van der Waals surface area contributed by atoms with Crippen molar-refractivity contribution in [1.29, 1.82) is 0 Å². The zero-order chi connectivity index (χ0) is 14.7. The molecule has 1 aromatic carbocycles. The van der Waals surface area contributed by atoms with Crippen LogP contribution in [0.4, 0.5) is 0 Å². The minimum Gasteiger partial charge on any atom is -0.496 e. The van der Waals surface area contributed by atoms with E-state index in [-0.39, 0.29) is 5.69 Å². The lowest BCUT2D eigenvalue weighted by molar-refractivity contribution is 0.0689. The van der Waals surface area contributed by atoms with E-state index < -0.39 is 5.97 Å². The number of carboxylic acids is 1. The van der Waals surface area contributed by atoms with E-state index in [4.69, 9.17) is 14.6 Å². The quantitative estimate of drug-likeness (QED) is 0.920. The van der Waals surface area contributed by atoms with Crippen molar-refractivity contribution >= 4 is 5.97 Å². The highest BCUT2D eigenvalue weighted by molar-refractivity contribution is 5.85. The number of carboxylic acid groups (broad SMARTS) is 1. The summed E-state index contributed by atoms with van der Waals surface area (Å²) in [4.78, 5) is 10.8. The Hall–Kier alpha value is -2.63. The van der Waals surface area contributed by atoms with Crippen LogP contribution < -0.4 is 9.47 Å². The van der Waals surface area contributed by atoms with E-state index in [0.29, 0.717) is 22.8 Å². The summed E-state index contributed by atoms with van der Waals surface area (Å²) in [5, 5.41) is 16.4. The maximum atomic E-state index is 10.8. The first-order valence-electron chi connectivity index (χ1n) is 5.87. The molecule has 0 saturated carbocycles. The second-order valence-electron chi connectivity index (χ2n) is 4.15. The van der Waals surface area contributed by atoms with Gasteiger partial charge in [-0.15, -0.1) is 10.2 Å². The van der Waals surface area contributed by atoms with Crippen LogP contribution in [0.3, 0.4) is 0 Å². The fourth-order valence-electron chi connectivity index (χ4n) is 1.88. The Morgan fingerprint density at radius 3 is 2.10 bits per heavy atom. The van der Waals surface area contributed by atoms with Gasteiger partial charge in [-0.1, -0.05) is 0 Å². The molecule has 0 spiro atoms. The van der Waals surface area contributed by atoms with Crippen LogP contribution in [0.5, 0.6) is 11.5 Å². The summed E-state index contributed by atoms with van der Waals surface area (Å²) in [7, 11) is 3.10. The van der Waals surface area contributed by atoms with Gasteiger partial charge in [0.1, 0.15) is 17.2 Å². The first-order chi connectivity index (χ1) is 9.56. The zero-order valence-corrected chi connectivity index (χ0v) is 11.4. The van der Waals surface area contributed by atoms with Crippen LogP contribution >= 0.6 is 0 Å². The highest BCUT2D eigenvalue weighted by Crippen LogP contribution is 2.38. The van der Waals surface area contributed by atoms with E-state index in [2.05, 4.69) is 10.2 Å². The van der Waals surface area contributed by atoms with E-state index in [1.165, 1.54) is 6.07 Å². The first-order valence-corrected chi connectivity index (χ1v) is 5.87. The van der Waals surface area contributed by atoms with E-state index >= 15 is 0 Å². The Labute approximate surface area is 116 Å². The van der Waals surface area contributed by atoms with Crippen molar-refractivity contribution in [2.24, 2.45) is 0 Å². The van der Waals surface area contributed by atoms with Crippen molar-refractivity contribution in [1.82, 2.24) is 10.2 Å². The number of hydrogen-bond acceptors (Lipinski definition) is 5. The third-order valence-corrected chi connectivity index (χ3v) is 2.79. The maximum Gasteiger partial charge on any atom is 0.356 e. The molecule has 0 fully saturated rings. The molecule has 0 aliphatic rings. The molecule has 0 aliphatic heterocycles. The molecule has 0 aliphatic carbocycles. The van der Waals surface area contributed by atoms with Crippen molar-refractivity contribution in [2.75, 3.05) is 14.2 Å². The molecule has 0 atom stereocenters. The second kappa shape index (κ2) is 5.56. The van der Waals surface area contributed by atoms with E-state index in [1.807, 2.05) is 19.1 Å². The summed E-state index contributed by atoms with van der Waals surface area (Å²) in [5.41, 5.74) is 2.00. The fraction of sp³-hybridized carbons (Fsp3) is 0.214. The summed E-state index contributed by atoms with van der Waals surface area (Å²) >= 11 is 0. The molecule has 1 heterocycles. The Morgan fingerprint density at radius 1 is 1.10 bits per heavy atom. The van der Waals surface area contributed by atoms with Gasteiger partial charge in [-0.25, -0.2) is 4.79 Å². The average molecular weight is 274 g/mol. The van der Waals surface area contributed by atoms with Crippen molar-refractivity contribution in [3.05, 3.63) is 35.5 Å². The van der Waals surface area contributed by atoms with Gasteiger partial charge in [0.2, 0.25) is 0 Å². The third-order valence-electron chi connectivity index (χ3n) is 2.79. The molecule has 0 saturated heterocycles. The number of ether oxygens (including phenoxy) is 2. The maximum absolute atomic E-state index is 10.8. The second-order valence-corrected chi connectivity index (χ2v) is 4.15. The molecule has 1 N–H and O–H groups in total. The van der Waals surface area contributed by atoms with Crippen LogP contribution in [0.1, 0.15) is 16.1 Å². The van der Waals surface area contributed by atoms with Crippen LogP contribution in [-0.4, -0.2) is 35.5 Å². The van der Waals surface area contributed by atoms with Gasteiger partial charge in [0.15, 0.2) is 5.69 Å². The molecule has 0 bridgehead atoms. The molecule has 0 unspecified atom stereocenters. The molecular weight excluding hydrogens is 260 g/mol. The Kier molecular flexibility index (Phi) is 3.84. The van der Waals surface area contributed by atoms with Crippen LogP contribution in [0.2, 0.25) is 0 Å². The SMILES string of the molecule is COc1cc(C)cc(OC)c1-c1ccc(C(=O)O)nn1. The number of aryl methyl sites for hydroxylation is 1. The highest BCUT2D eigenvalue weighted by atomic mass is 16.5. The minimum absolute atomic E-state index is 0.112. The number of aromatic carboxylic acids is 1. The predicted octanol–water partition coefficient (Wildman–Crippen LogP) is 2.17. The van der Waals surface area contributed by atoms with Crippen molar-refractivity contribution in [3.8, 4) is 22.8 Å². The number of benzene rings is 1. The van der Waals surface area contributed by atoms with Crippen molar-refractivity contribution in [2.45, 2.75) is 6.92 Å². The van der Waals surface area contributed by atoms with Gasteiger partial charge in [-0.3, -0.25) is 0 Å². The molecule has 0 radical (unpaired) electrons. The molecule has 2 aromatic rings. The van der Waals surface area contributed by atoms with Gasteiger partial charge in [-0.2, -0.15) is 0 Å². The van der Waals surface area contributed by atoms with Crippen LogP contribution in [0, 0.1) is 6.92 Å². The molecule has 1 aromatic heterocycles. The summed E-state index contributed by atoms with van der Waals surface area (Å²) in [6.07, 6.45) is 0. The van der Waals surface area contributed by atoms with Gasteiger partial charge in [-0.05, 0) is 36.8 Å². The van der Waals surface area contributed by atoms with Gasteiger partial charge in [0.25, 0.3) is 0 Å². The Balaban J connectivity index is 2.58. The number of aromatic nitrogens is 2. The van der Waals surface area contributed by atoms with E-state index in [9.17, 15) is 4.79 Å². The monoisotopic (exact) mass is 274 g/mol. The zero-order valence-electron chi connectivity index (χ0n) is 11.4. The first kappa shape index (κ1) is 13.8. The molecular formula is C14H14N2O4. The predicted molar refractivity (Wildman–Crippen MR) is 72.3 cm³/mol. The fourth-order valence-corrected chi connectivity index (χ4v) is 1.88. The number of carbonyl (C=O) groups is 1. The Morgan fingerprint density at radius 2 is 1.70 bits per heavy atom. The molecule has 104 valence electrons. The number of rotatable bonds is 4. The van der Waals surface area contributed by atoms with Crippen molar-refractivity contribution < 1.29 is 19.4 Å². The van der Waals surface area contributed by atoms with E-state index in [1.54, 1.807) is 20.3 Å². The van der Waals surface area contributed by atoms with Crippen LogP contribution in [-0.2, 0) is 0 Å². The molecule has 0 amide bonds. The van der Waals surface area contributed by atoms with Gasteiger partial charge in [0, 0.05) is 0 Å². The van der Waals surface area contributed by atoms with Gasteiger partial charge < -0.3 is 14.6 Å². The van der Waals surface area contributed by atoms with Crippen molar-refractivity contribution in [3.63, 3.8) is 0 Å². The normalized spacial score (nSPS) is 10.2. The number of hydrogen-bond donors (Lipinski definition) is 1. The summed E-state index contributed by atoms with van der Waals surface area (Å²) in [6, 6.07) is 6.67. The lowest BCUT2D eigenvalue weighted by atomic mass is 10.1. The minimum atomic E-state index is -1.12. The van der Waals surface area contributed by atoms with E-state index in [0.717, 1.165) is 5.56 Å². The van der Waals surface area contributed by atoms with Crippen LogP contribution in [0.15, 0.2) is 24.3 Å². The number of methoxy groups -OCH3 is 2. The highest BCUT2D eigenvalue weighted by Gasteiger charge is 2.16. The number of nitrogens with zero attached hydrogens (tertiary/aromatic N) is 2. The molecule has 6 heteroatoms. The van der Waals surface area contributed by atoms with Gasteiger partial charge in [0.05, 0.1) is 19.8 Å². The Bertz CT molecular complexity index is 613. The average Bonchev–Trinajstić information content (AvgIpc) is 2.46. The summed E-state index contributed by atoms with van der Waals surface area (Å²) < 4.78 is 10.7. The summed E-state index contributed by atoms with van der Waals surface area (Å²) in [5.74, 6) is 0.0744. The standard InChI is InChI=1S/C14H14N2O4/c1-8-6-11(19-2)13(12(7-8)20-3)9-4-5-10(14(17)18)16-15-9/h4-7H,1-3H3,(H,17,18). The molecule has 6 nitrogen and oxygen atoms in total. The topological polar surface area (TPSA) is 81.5 Å². The van der Waals surface area contributed by atoms with Gasteiger partial charge >= 0.3 is 5.97 Å². The lowest BCUT2D eigenvalue weighted by Crippen LogP contribution is -2.03. The third kappa shape index (κ3) is 2.54. The molecule has 20 heavy (non-hydrogen) atoms. The van der Waals surface area contributed by atoms with Crippen LogP contribution in [0.25, 0.3) is 11.3 Å².